The molecule has 104 valence electrons. The first-order chi connectivity index (χ1) is 9.56. The number of carbonyl (C=O) groups is 2. The molecule has 7 heteroatoms. The van der Waals surface area contributed by atoms with Crippen molar-refractivity contribution in [2.24, 2.45) is 0 Å². The lowest BCUT2D eigenvalue weighted by atomic mass is 10.1. The summed E-state index contributed by atoms with van der Waals surface area (Å²) in [6.07, 6.45) is 0.550. The van der Waals surface area contributed by atoms with Gasteiger partial charge in [-0.3, -0.25) is 9.59 Å². The number of carbonyl (C=O) groups excluding carboxylic acids is 2. The molecule has 0 saturated heterocycles. The molecule has 0 spiro atoms. The van der Waals surface area contributed by atoms with Crippen LogP contribution in [-0.2, 0) is 16.1 Å². The molecule has 2 aromatic rings. The van der Waals surface area contributed by atoms with Crippen molar-refractivity contribution in [1.82, 2.24) is 9.78 Å². The summed E-state index contributed by atoms with van der Waals surface area (Å²) in [7, 11) is 1.24. The molecule has 0 bridgehead atoms. The Bertz CT molecular complexity index is 650. The Morgan fingerprint density at radius 2 is 2.10 bits per heavy atom. The molecule has 1 aromatic heterocycles. The van der Waals surface area contributed by atoms with E-state index in [1.165, 1.54) is 36.1 Å². The Morgan fingerprint density at radius 3 is 2.65 bits per heavy atom. The number of benzene rings is 1. The molecular formula is C13H12FN3O3. The number of methoxy groups -OCH3 is 1. The van der Waals surface area contributed by atoms with Gasteiger partial charge >= 0.3 is 5.97 Å². The number of aldehydes is 1. The molecule has 0 aliphatic rings. The van der Waals surface area contributed by atoms with E-state index in [4.69, 9.17) is 5.73 Å². The quantitative estimate of drug-likeness (QED) is 0.671. The highest BCUT2D eigenvalue weighted by molar-refractivity contribution is 5.91. The number of ether oxygens (including phenoxy) is 1. The van der Waals surface area contributed by atoms with Crippen LogP contribution in [0.3, 0.4) is 0 Å². The average molecular weight is 277 g/mol. The van der Waals surface area contributed by atoms with Crippen LogP contribution >= 0.6 is 0 Å². The van der Waals surface area contributed by atoms with Crippen molar-refractivity contribution in [3.63, 3.8) is 0 Å². The number of anilines is 1. The van der Waals surface area contributed by atoms with Gasteiger partial charge in [-0.15, -0.1) is 0 Å². The number of nitrogens with zero attached hydrogens (tertiary/aromatic N) is 2. The monoisotopic (exact) mass is 277 g/mol. The molecule has 2 rings (SSSR count). The van der Waals surface area contributed by atoms with Crippen molar-refractivity contribution in [3.8, 4) is 11.3 Å². The zero-order valence-electron chi connectivity index (χ0n) is 10.7. The largest absolute Gasteiger partial charge is 0.468 e. The fraction of sp³-hybridized carbons (Fsp3) is 0.154. The first-order valence-corrected chi connectivity index (χ1v) is 5.71. The van der Waals surface area contributed by atoms with Crippen LogP contribution in [0.2, 0.25) is 0 Å². The summed E-state index contributed by atoms with van der Waals surface area (Å²) in [5.74, 6) is -0.879. The molecule has 0 aliphatic carbocycles. The van der Waals surface area contributed by atoms with E-state index in [9.17, 15) is 14.0 Å². The van der Waals surface area contributed by atoms with E-state index < -0.39 is 11.8 Å². The molecule has 0 aliphatic heterocycles. The van der Waals surface area contributed by atoms with E-state index in [0.717, 1.165) is 0 Å². The number of hydrogen-bond donors (Lipinski definition) is 1. The lowest BCUT2D eigenvalue weighted by Crippen LogP contribution is -2.14. The summed E-state index contributed by atoms with van der Waals surface area (Å²) in [6, 6.07) is 5.46. The van der Waals surface area contributed by atoms with Crippen molar-refractivity contribution in [2.45, 2.75) is 6.54 Å². The van der Waals surface area contributed by atoms with Gasteiger partial charge < -0.3 is 10.5 Å². The molecule has 6 nitrogen and oxygen atoms in total. The van der Waals surface area contributed by atoms with Gasteiger partial charge in [0.05, 0.1) is 12.7 Å². The molecule has 0 saturated carbocycles. The first-order valence-electron chi connectivity index (χ1n) is 5.71. The van der Waals surface area contributed by atoms with E-state index >= 15 is 0 Å². The van der Waals surface area contributed by atoms with E-state index in [0.29, 0.717) is 17.5 Å². The normalized spacial score (nSPS) is 10.3. The zero-order chi connectivity index (χ0) is 14.7. The van der Waals surface area contributed by atoms with Gasteiger partial charge in [0.15, 0.2) is 6.29 Å². The van der Waals surface area contributed by atoms with Gasteiger partial charge in [0.2, 0.25) is 0 Å². The smallest absolute Gasteiger partial charge is 0.327 e. The summed E-state index contributed by atoms with van der Waals surface area (Å²) in [5, 5.41) is 4.11. The number of nitrogens with two attached hydrogens (primary N) is 1. The molecule has 1 aromatic carbocycles. The highest BCUT2D eigenvalue weighted by Crippen LogP contribution is 2.26. The Kier molecular flexibility index (Phi) is 3.79. The minimum atomic E-state index is -0.540. The zero-order valence-corrected chi connectivity index (χ0v) is 10.7. The summed E-state index contributed by atoms with van der Waals surface area (Å²) < 4.78 is 18.6. The summed E-state index contributed by atoms with van der Waals surface area (Å²) in [5.41, 5.74) is 6.75. The standard InChI is InChI=1S/C13H12FN3O3/c1-20-11(19)6-17-13(15)10(7-18)12(16-17)8-2-4-9(14)5-3-8/h2-5,7H,6,15H2,1H3. The molecule has 0 unspecified atom stereocenters. The van der Waals surface area contributed by atoms with Crippen LogP contribution in [0.5, 0.6) is 0 Å². The number of rotatable bonds is 4. The van der Waals surface area contributed by atoms with Crippen molar-refractivity contribution in [2.75, 3.05) is 12.8 Å². The summed E-state index contributed by atoms with van der Waals surface area (Å²) in [4.78, 5) is 22.4. The second-order valence-corrected chi connectivity index (χ2v) is 4.01. The van der Waals surface area contributed by atoms with E-state index in [1.54, 1.807) is 0 Å². The lowest BCUT2D eigenvalue weighted by molar-refractivity contribution is -0.141. The van der Waals surface area contributed by atoms with Gasteiger partial charge in [-0.1, -0.05) is 0 Å². The molecule has 1 heterocycles. The fourth-order valence-corrected chi connectivity index (χ4v) is 1.73. The Morgan fingerprint density at radius 1 is 1.45 bits per heavy atom. The van der Waals surface area contributed by atoms with Crippen LogP contribution in [0.15, 0.2) is 24.3 Å². The molecule has 0 radical (unpaired) electrons. The minimum Gasteiger partial charge on any atom is -0.468 e. The van der Waals surface area contributed by atoms with Gasteiger partial charge in [-0.25, -0.2) is 9.07 Å². The number of aromatic nitrogens is 2. The van der Waals surface area contributed by atoms with Gasteiger partial charge in [0.25, 0.3) is 0 Å². The number of halogens is 1. The number of hydrogen-bond acceptors (Lipinski definition) is 5. The Hall–Kier alpha value is -2.70. The second kappa shape index (κ2) is 5.52. The maximum Gasteiger partial charge on any atom is 0.327 e. The molecule has 0 fully saturated rings. The maximum absolute atomic E-state index is 12.9. The highest BCUT2D eigenvalue weighted by Gasteiger charge is 2.18. The third kappa shape index (κ3) is 2.51. The highest BCUT2D eigenvalue weighted by atomic mass is 19.1. The predicted octanol–water partition coefficient (Wildman–Crippen LogP) is 1.26. The predicted molar refractivity (Wildman–Crippen MR) is 69.4 cm³/mol. The van der Waals surface area contributed by atoms with Crippen molar-refractivity contribution < 1.29 is 18.7 Å². The Balaban J connectivity index is 2.47. The van der Waals surface area contributed by atoms with Crippen molar-refractivity contribution in [3.05, 3.63) is 35.6 Å². The van der Waals surface area contributed by atoms with Gasteiger partial charge in [-0.2, -0.15) is 5.10 Å². The summed E-state index contributed by atoms with van der Waals surface area (Å²) >= 11 is 0. The van der Waals surface area contributed by atoms with Crippen LogP contribution in [-0.4, -0.2) is 29.1 Å². The molecular weight excluding hydrogens is 265 g/mol. The topological polar surface area (TPSA) is 87.2 Å². The van der Waals surface area contributed by atoms with Crippen LogP contribution in [0.4, 0.5) is 10.2 Å². The van der Waals surface area contributed by atoms with Gasteiger partial charge in [0.1, 0.15) is 23.9 Å². The molecule has 2 N–H and O–H groups in total. The van der Waals surface area contributed by atoms with Crippen LogP contribution in [0.25, 0.3) is 11.3 Å². The number of esters is 1. The molecule has 20 heavy (non-hydrogen) atoms. The molecule has 0 amide bonds. The van der Waals surface area contributed by atoms with Crippen molar-refractivity contribution in [1.29, 1.82) is 0 Å². The maximum atomic E-state index is 12.9. The van der Waals surface area contributed by atoms with Gasteiger partial charge in [-0.05, 0) is 24.3 Å². The first kappa shape index (κ1) is 13.7. The SMILES string of the molecule is COC(=O)Cn1nc(-c2ccc(F)cc2)c(C=O)c1N. The third-order valence-corrected chi connectivity index (χ3v) is 2.77. The average Bonchev–Trinajstić information content (AvgIpc) is 2.76. The van der Waals surface area contributed by atoms with E-state index in [2.05, 4.69) is 9.84 Å². The lowest BCUT2D eigenvalue weighted by Gasteiger charge is -2.01. The fourth-order valence-electron chi connectivity index (χ4n) is 1.73. The van der Waals surface area contributed by atoms with Crippen LogP contribution in [0.1, 0.15) is 10.4 Å². The van der Waals surface area contributed by atoms with E-state index in [1.807, 2.05) is 0 Å². The minimum absolute atomic E-state index is 0.0599. The second-order valence-electron chi connectivity index (χ2n) is 4.01. The number of nitrogen functional groups attached to an aromatic ring is 1. The van der Waals surface area contributed by atoms with Gasteiger partial charge in [0, 0.05) is 5.56 Å². The van der Waals surface area contributed by atoms with Crippen LogP contribution in [0, 0.1) is 5.82 Å². The third-order valence-electron chi connectivity index (χ3n) is 2.77. The summed E-state index contributed by atoms with van der Waals surface area (Å²) in [6.45, 7) is -0.204. The molecule has 0 atom stereocenters. The Labute approximate surface area is 113 Å². The van der Waals surface area contributed by atoms with Crippen LogP contribution < -0.4 is 5.73 Å². The van der Waals surface area contributed by atoms with E-state index in [-0.39, 0.29) is 17.9 Å². The van der Waals surface area contributed by atoms with Crippen molar-refractivity contribution >= 4 is 18.1 Å².